The van der Waals surface area contributed by atoms with E-state index in [0.717, 1.165) is 26.2 Å². The minimum absolute atomic E-state index is 0.240. The summed E-state index contributed by atoms with van der Waals surface area (Å²) in [5, 5.41) is 9.56. The Kier molecular flexibility index (Phi) is 6.74. The fourth-order valence-electron chi connectivity index (χ4n) is 4.51. The van der Waals surface area contributed by atoms with Crippen LogP contribution >= 0.6 is 0 Å². The van der Waals surface area contributed by atoms with Gasteiger partial charge in [0.1, 0.15) is 0 Å². The molecule has 0 amide bonds. The van der Waals surface area contributed by atoms with E-state index in [9.17, 15) is 5.11 Å². The molecule has 25 heavy (non-hydrogen) atoms. The summed E-state index contributed by atoms with van der Waals surface area (Å²) in [5.74, 6) is 0. The predicted molar refractivity (Wildman–Crippen MR) is 103 cm³/mol. The van der Waals surface area contributed by atoms with Gasteiger partial charge in [-0.1, -0.05) is 37.5 Å². The molecule has 140 valence electrons. The van der Waals surface area contributed by atoms with Crippen molar-refractivity contribution in [3.8, 4) is 0 Å². The van der Waals surface area contributed by atoms with Gasteiger partial charge in [0.25, 0.3) is 0 Å². The molecule has 2 fully saturated rings. The van der Waals surface area contributed by atoms with Crippen molar-refractivity contribution >= 4 is 5.69 Å². The van der Waals surface area contributed by atoms with Crippen LogP contribution in [0.1, 0.15) is 51.5 Å². The molecule has 0 spiro atoms. The van der Waals surface area contributed by atoms with Crippen molar-refractivity contribution in [2.75, 3.05) is 31.1 Å². The molecular formula is C21H34N2O2. The number of benzene rings is 1. The Balaban J connectivity index is 1.76. The van der Waals surface area contributed by atoms with Crippen LogP contribution < -0.4 is 4.90 Å². The predicted octanol–water partition coefficient (Wildman–Crippen LogP) is 3.43. The van der Waals surface area contributed by atoms with Crippen molar-refractivity contribution in [2.45, 2.75) is 70.7 Å². The van der Waals surface area contributed by atoms with Crippen molar-refractivity contribution in [1.82, 2.24) is 4.90 Å². The summed E-state index contributed by atoms with van der Waals surface area (Å²) in [6, 6.07) is 9.41. The lowest BCUT2D eigenvalue weighted by atomic mass is 9.93. The zero-order valence-electron chi connectivity index (χ0n) is 15.9. The van der Waals surface area contributed by atoms with E-state index in [1.165, 1.54) is 43.4 Å². The van der Waals surface area contributed by atoms with Gasteiger partial charge in [0.2, 0.25) is 0 Å². The molecule has 1 saturated heterocycles. The number of anilines is 1. The first-order valence-corrected chi connectivity index (χ1v) is 10.0. The summed E-state index contributed by atoms with van der Waals surface area (Å²) >= 11 is 0. The Morgan fingerprint density at radius 1 is 1.08 bits per heavy atom. The van der Waals surface area contributed by atoms with E-state index < -0.39 is 0 Å². The van der Waals surface area contributed by atoms with Gasteiger partial charge < -0.3 is 14.7 Å². The second-order valence-electron chi connectivity index (χ2n) is 7.78. The van der Waals surface area contributed by atoms with E-state index >= 15 is 0 Å². The fraction of sp³-hybridized carbons (Fsp3) is 0.714. The quantitative estimate of drug-likeness (QED) is 0.856. The van der Waals surface area contributed by atoms with Gasteiger partial charge in [-0.15, -0.1) is 0 Å². The first-order chi connectivity index (χ1) is 12.2. The number of hydrogen-bond donors (Lipinski definition) is 1. The highest BCUT2D eigenvalue weighted by Crippen LogP contribution is 2.29. The molecule has 1 aromatic rings. The Morgan fingerprint density at radius 3 is 2.44 bits per heavy atom. The molecule has 1 N–H and O–H groups in total. The number of nitrogens with zero attached hydrogens (tertiary/aromatic N) is 2. The summed E-state index contributed by atoms with van der Waals surface area (Å²) in [6.45, 7) is 8.16. The number of aliphatic hydroxyl groups is 1. The monoisotopic (exact) mass is 346 g/mol. The maximum atomic E-state index is 9.56. The van der Waals surface area contributed by atoms with Crippen LogP contribution in [0.5, 0.6) is 0 Å². The SMILES string of the molecule is C[C@H]1CN(c2ccccc2CN(CCO)C2CCCCC2)C[C@H](C)O1. The third kappa shape index (κ3) is 4.96. The van der Waals surface area contributed by atoms with Crippen LogP contribution in [0.25, 0.3) is 0 Å². The second kappa shape index (κ2) is 9.02. The number of para-hydroxylation sites is 1. The Hall–Kier alpha value is -1.10. The summed E-state index contributed by atoms with van der Waals surface area (Å²) < 4.78 is 5.91. The molecular weight excluding hydrogens is 312 g/mol. The molecule has 1 aliphatic heterocycles. The smallest absolute Gasteiger partial charge is 0.0726 e. The van der Waals surface area contributed by atoms with Gasteiger partial charge in [-0.3, -0.25) is 4.90 Å². The molecule has 1 aliphatic carbocycles. The summed E-state index contributed by atoms with van der Waals surface area (Å²) in [5.41, 5.74) is 2.71. The zero-order chi connectivity index (χ0) is 17.6. The first kappa shape index (κ1) is 18.7. The van der Waals surface area contributed by atoms with Gasteiger partial charge in [0, 0.05) is 37.9 Å². The molecule has 1 aromatic carbocycles. The number of ether oxygens (including phenoxy) is 1. The van der Waals surface area contributed by atoms with E-state index in [1.54, 1.807) is 0 Å². The summed E-state index contributed by atoms with van der Waals surface area (Å²) in [6.07, 6.45) is 7.09. The third-order valence-corrected chi connectivity index (χ3v) is 5.60. The summed E-state index contributed by atoms with van der Waals surface area (Å²) in [7, 11) is 0. The molecule has 0 bridgehead atoms. The lowest BCUT2D eigenvalue weighted by molar-refractivity contribution is -0.00531. The lowest BCUT2D eigenvalue weighted by Crippen LogP contribution is -2.46. The number of aliphatic hydroxyl groups excluding tert-OH is 1. The molecule has 1 saturated carbocycles. The van der Waals surface area contributed by atoms with Crippen molar-refractivity contribution in [3.63, 3.8) is 0 Å². The van der Waals surface area contributed by atoms with Crippen LogP contribution in [0, 0.1) is 0 Å². The van der Waals surface area contributed by atoms with E-state index in [1.807, 2.05) is 0 Å². The zero-order valence-corrected chi connectivity index (χ0v) is 15.9. The van der Waals surface area contributed by atoms with Gasteiger partial charge >= 0.3 is 0 Å². The highest BCUT2D eigenvalue weighted by molar-refractivity contribution is 5.54. The normalized spacial score (nSPS) is 25.5. The molecule has 4 heteroatoms. The van der Waals surface area contributed by atoms with E-state index in [4.69, 9.17) is 4.74 Å². The van der Waals surface area contributed by atoms with Crippen molar-refractivity contribution < 1.29 is 9.84 Å². The minimum Gasteiger partial charge on any atom is -0.395 e. The van der Waals surface area contributed by atoms with Crippen molar-refractivity contribution in [3.05, 3.63) is 29.8 Å². The lowest BCUT2D eigenvalue weighted by Gasteiger charge is -2.39. The van der Waals surface area contributed by atoms with Gasteiger partial charge in [-0.2, -0.15) is 0 Å². The maximum absolute atomic E-state index is 9.56. The third-order valence-electron chi connectivity index (χ3n) is 5.60. The van der Waals surface area contributed by atoms with E-state index in [2.05, 4.69) is 47.9 Å². The van der Waals surface area contributed by atoms with Gasteiger partial charge in [0.15, 0.2) is 0 Å². The molecule has 1 heterocycles. The number of morpholine rings is 1. The Bertz CT molecular complexity index is 520. The van der Waals surface area contributed by atoms with Crippen LogP contribution in [-0.2, 0) is 11.3 Å². The topological polar surface area (TPSA) is 35.9 Å². The van der Waals surface area contributed by atoms with Gasteiger partial charge in [-0.05, 0) is 38.3 Å². The van der Waals surface area contributed by atoms with Crippen LogP contribution in [-0.4, -0.2) is 54.5 Å². The number of rotatable bonds is 6. The number of hydrogen-bond acceptors (Lipinski definition) is 4. The van der Waals surface area contributed by atoms with E-state index in [-0.39, 0.29) is 18.8 Å². The highest BCUT2D eigenvalue weighted by atomic mass is 16.5. The minimum atomic E-state index is 0.240. The van der Waals surface area contributed by atoms with Crippen LogP contribution in [0.3, 0.4) is 0 Å². The molecule has 2 aliphatic rings. The van der Waals surface area contributed by atoms with Crippen molar-refractivity contribution in [2.24, 2.45) is 0 Å². The molecule has 0 radical (unpaired) electrons. The average Bonchev–Trinajstić information content (AvgIpc) is 2.62. The van der Waals surface area contributed by atoms with Crippen LogP contribution in [0.4, 0.5) is 5.69 Å². The Morgan fingerprint density at radius 2 is 1.76 bits per heavy atom. The van der Waals surface area contributed by atoms with Crippen LogP contribution in [0.15, 0.2) is 24.3 Å². The van der Waals surface area contributed by atoms with Crippen LogP contribution in [0.2, 0.25) is 0 Å². The van der Waals surface area contributed by atoms with Gasteiger partial charge in [0.05, 0.1) is 18.8 Å². The average molecular weight is 347 g/mol. The van der Waals surface area contributed by atoms with Crippen molar-refractivity contribution in [1.29, 1.82) is 0 Å². The first-order valence-electron chi connectivity index (χ1n) is 10.0. The second-order valence-corrected chi connectivity index (χ2v) is 7.78. The molecule has 0 unspecified atom stereocenters. The largest absolute Gasteiger partial charge is 0.395 e. The van der Waals surface area contributed by atoms with Gasteiger partial charge in [-0.25, -0.2) is 0 Å². The fourth-order valence-corrected chi connectivity index (χ4v) is 4.51. The van der Waals surface area contributed by atoms with E-state index in [0.29, 0.717) is 6.04 Å². The summed E-state index contributed by atoms with van der Waals surface area (Å²) in [4.78, 5) is 4.98. The Labute approximate surface area is 152 Å². The highest BCUT2D eigenvalue weighted by Gasteiger charge is 2.26. The molecule has 2 atom stereocenters. The molecule has 3 rings (SSSR count). The standard InChI is InChI=1S/C21H34N2O2/c1-17-14-23(15-18(2)25-17)21-11-7-6-8-19(21)16-22(12-13-24)20-9-4-3-5-10-20/h6-8,11,17-18,20,24H,3-5,9-10,12-16H2,1-2H3/t17-,18-/m0/s1. The maximum Gasteiger partial charge on any atom is 0.0726 e. The molecule has 0 aromatic heterocycles. The molecule has 4 nitrogen and oxygen atoms in total.